The maximum absolute atomic E-state index is 11.3. The van der Waals surface area contributed by atoms with Crippen LogP contribution in [-0.4, -0.2) is 25.7 Å². The van der Waals surface area contributed by atoms with Crippen LogP contribution in [0.2, 0.25) is 0 Å². The predicted octanol–water partition coefficient (Wildman–Crippen LogP) is 2.90. The van der Waals surface area contributed by atoms with Gasteiger partial charge in [-0.2, -0.15) is 0 Å². The Morgan fingerprint density at radius 3 is 2.56 bits per heavy atom. The van der Waals surface area contributed by atoms with E-state index in [1.807, 2.05) is 32.0 Å². The molecule has 1 unspecified atom stereocenters. The van der Waals surface area contributed by atoms with Crippen LogP contribution in [0.1, 0.15) is 31.9 Å². The smallest absolute Gasteiger partial charge is 0.132 e. The summed E-state index contributed by atoms with van der Waals surface area (Å²) < 4.78 is 5.39. The minimum Gasteiger partial charge on any atom is -0.496 e. The van der Waals surface area contributed by atoms with Gasteiger partial charge >= 0.3 is 0 Å². The van der Waals surface area contributed by atoms with Gasteiger partial charge in [-0.25, -0.2) is 0 Å². The Kier molecular flexibility index (Phi) is 5.08. The van der Waals surface area contributed by atoms with Crippen LogP contribution in [0.3, 0.4) is 0 Å². The van der Waals surface area contributed by atoms with Gasteiger partial charge in [0, 0.05) is 24.2 Å². The predicted molar refractivity (Wildman–Crippen MR) is 74.7 cm³/mol. The molecule has 0 aliphatic heterocycles. The number of methoxy groups -OCH3 is 1. The Bertz CT molecular complexity index is 464. The van der Waals surface area contributed by atoms with Crippen molar-refractivity contribution < 1.29 is 9.53 Å². The Labute approximate surface area is 109 Å². The first-order valence-corrected chi connectivity index (χ1v) is 6.10. The number of Topliss-reactive ketones (excluding diaryl/α,β-unsaturated/α-hetero) is 1. The molecule has 0 radical (unpaired) electrons. The Morgan fingerprint density at radius 2 is 2.06 bits per heavy atom. The van der Waals surface area contributed by atoms with Crippen molar-refractivity contribution in [1.29, 1.82) is 0 Å². The van der Waals surface area contributed by atoms with Crippen LogP contribution < -0.4 is 4.74 Å². The van der Waals surface area contributed by atoms with Crippen molar-refractivity contribution in [3.05, 3.63) is 29.3 Å². The van der Waals surface area contributed by atoms with Gasteiger partial charge in [0.2, 0.25) is 0 Å². The summed E-state index contributed by atoms with van der Waals surface area (Å²) in [4.78, 5) is 15.4. The molecule has 0 saturated heterocycles. The average Bonchev–Trinajstić information content (AvgIpc) is 2.37. The lowest BCUT2D eigenvalue weighted by Crippen LogP contribution is -2.10. The van der Waals surface area contributed by atoms with E-state index in [2.05, 4.69) is 4.99 Å². The summed E-state index contributed by atoms with van der Waals surface area (Å²) in [6.45, 7) is 5.53. The molecule has 0 saturated carbocycles. The molecule has 0 aromatic heterocycles. The highest BCUT2D eigenvalue weighted by Gasteiger charge is 2.11. The van der Waals surface area contributed by atoms with E-state index in [1.165, 1.54) is 0 Å². The molecule has 1 rings (SSSR count). The molecule has 0 spiro atoms. The van der Waals surface area contributed by atoms with E-state index in [0.717, 1.165) is 29.0 Å². The third-order valence-corrected chi connectivity index (χ3v) is 3.23. The summed E-state index contributed by atoms with van der Waals surface area (Å²) in [6.07, 6.45) is 0.744. The van der Waals surface area contributed by atoms with Crippen LogP contribution in [0, 0.1) is 5.92 Å². The number of hydrogen-bond acceptors (Lipinski definition) is 3. The summed E-state index contributed by atoms with van der Waals surface area (Å²) in [5, 5.41) is 0. The molecule has 1 aromatic rings. The van der Waals surface area contributed by atoms with Crippen LogP contribution in [0.25, 0.3) is 0 Å². The highest BCUT2D eigenvalue weighted by molar-refractivity contribution is 6.01. The summed E-state index contributed by atoms with van der Waals surface area (Å²) in [5.41, 5.74) is 3.06. The first-order valence-electron chi connectivity index (χ1n) is 6.10. The van der Waals surface area contributed by atoms with Crippen LogP contribution in [0.5, 0.6) is 5.75 Å². The largest absolute Gasteiger partial charge is 0.496 e. The van der Waals surface area contributed by atoms with E-state index >= 15 is 0 Å². The van der Waals surface area contributed by atoms with E-state index in [9.17, 15) is 4.79 Å². The monoisotopic (exact) mass is 247 g/mol. The minimum atomic E-state index is 0.0431. The quantitative estimate of drug-likeness (QED) is 0.750. The maximum atomic E-state index is 11.3. The molecule has 3 heteroatoms. The molecule has 0 amide bonds. The van der Waals surface area contributed by atoms with Crippen LogP contribution >= 0.6 is 0 Å². The molecular weight excluding hydrogens is 226 g/mol. The van der Waals surface area contributed by atoms with Crippen molar-refractivity contribution in [1.82, 2.24) is 0 Å². The van der Waals surface area contributed by atoms with Gasteiger partial charge in [0.15, 0.2) is 0 Å². The van der Waals surface area contributed by atoms with Crippen molar-refractivity contribution in [3.63, 3.8) is 0 Å². The molecular formula is C15H21NO2. The number of rotatable bonds is 5. The standard InChI is InChI=1S/C15H21NO2/c1-10(12(3)17)8-13-6-7-14(11(2)16-4)15(9-13)18-5/h6-7,9-10H,8H2,1-5H3. The zero-order valence-corrected chi connectivity index (χ0v) is 11.8. The summed E-state index contributed by atoms with van der Waals surface area (Å²) in [7, 11) is 3.42. The van der Waals surface area contributed by atoms with E-state index in [4.69, 9.17) is 4.74 Å². The number of carbonyl (C=O) groups is 1. The number of aliphatic imine (C=N–C) groups is 1. The molecule has 0 fully saturated rings. The van der Waals surface area contributed by atoms with Crippen LogP contribution in [-0.2, 0) is 11.2 Å². The van der Waals surface area contributed by atoms with E-state index < -0.39 is 0 Å². The Hall–Kier alpha value is -1.64. The molecule has 0 aliphatic rings. The molecule has 1 atom stereocenters. The topological polar surface area (TPSA) is 38.7 Å². The summed E-state index contributed by atoms with van der Waals surface area (Å²) in [6, 6.07) is 6.03. The van der Waals surface area contributed by atoms with Gasteiger partial charge in [-0.05, 0) is 38.0 Å². The van der Waals surface area contributed by atoms with E-state index in [1.54, 1.807) is 21.1 Å². The molecule has 0 bridgehead atoms. The highest BCUT2D eigenvalue weighted by atomic mass is 16.5. The zero-order chi connectivity index (χ0) is 13.7. The molecule has 1 aromatic carbocycles. The van der Waals surface area contributed by atoms with Gasteiger partial charge in [-0.3, -0.25) is 9.79 Å². The number of hydrogen-bond donors (Lipinski definition) is 0. The lowest BCUT2D eigenvalue weighted by molar-refractivity contribution is -0.120. The SMILES string of the molecule is CN=C(C)c1ccc(CC(C)C(C)=O)cc1OC. The fraction of sp³-hybridized carbons (Fsp3) is 0.467. The van der Waals surface area contributed by atoms with Crippen molar-refractivity contribution in [2.24, 2.45) is 10.9 Å². The second-order valence-electron chi connectivity index (χ2n) is 4.56. The van der Waals surface area contributed by atoms with Gasteiger partial charge in [0.25, 0.3) is 0 Å². The van der Waals surface area contributed by atoms with Gasteiger partial charge in [-0.15, -0.1) is 0 Å². The second-order valence-corrected chi connectivity index (χ2v) is 4.56. The van der Waals surface area contributed by atoms with Gasteiger partial charge in [-0.1, -0.05) is 13.0 Å². The van der Waals surface area contributed by atoms with Gasteiger partial charge in [0.05, 0.1) is 7.11 Å². The van der Waals surface area contributed by atoms with Crippen molar-refractivity contribution in [2.45, 2.75) is 27.2 Å². The fourth-order valence-electron chi connectivity index (χ4n) is 1.78. The van der Waals surface area contributed by atoms with Crippen LogP contribution in [0.15, 0.2) is 23.2 Å². The molecule has 98 valence electrons. The lowest BCUT2D eigenvalue weighted by Gasteiger charge is -2.12. The third kappa shape index (κ3) is 3.42. The maximum Gasteiger partial charge on any atom is 0.132 e. The van der Waals surface area contributed by atoms with Crippen LogP contribution in [0.4, 0.5) is 0 Å². The molecule has 0 aliphatic carbocycles. The first kappa shape index (κ1) is 14.4. The minimum absolute atomic E-state index is 0.0431. The molecule has 3 nitrogen and oxygen atoms in total. The van der Waals surface area contributed by atoms with Crippen molar-refractivity contribution in [3.8, 4) is 5.75 Å². The highest BCUT2D eigenvalue weighted by Crippen LogP contribution is 2.23. The molecule has 18 heavy (non-hydrogen) atoms. The van der Waals surface area contributed by atoms with Gasteiger partial charge in [0.1, 0.15) is 11.5 Å². The second kappa shape index (κ2) is 6.34. The van der Waals surface area contributed by atoms with E-state index in [-0.39, 0.29) is 11.7 Å². The lowest BCUT2D eigenvalue weighted by atomic mass is 9.96. The van der Waals surface area contributed by atoms with E-state index in [0.29, 0.717) is 0 Å². The zero-order valence-electron chi connectivity index (χ0n) is 11.8. The molecule has 0 N–H and O–H groups in total. The number of nitrogens with zero attached hydrogens (tertiary/aromatic N) is 1. The third-order valence-electron chi connectivity index (χ3n) is 3.23. The van der Waals surface area contributed by atoms with Crippen molar-refractivity contribution in [2.75, 3.05) is 14.2 Å². The number of ether oxygens (including phenoxy) is 1. The fourth-order valence-corrected chi connectivity index (χ4v) is 1.78. The summed E-state index contributed by atoms with van der Waals surface area (Å²) in [5.74, 6) is 1.07. The number of carbonyl (C=O) groups excluding carboxylic acids is 1. The Balaban J connectivity index is 3.02. The van der Waals surface area contributed by atoms with Crippen molar-refractivity contribution >= 4 is 11.5 Å². The average molecular weight is 247 g/mol. The summed E-state index contributed by atoms with van der Waals surface area (Å²) >= 11 is 0. The Morgan fingerprint density at radius 1 is 1.39 bits per heavy atom. The number of ketones is 1. The normalized spacial score (nSPS) is 13.3. The number of benzene rings is 1. The van der Waals surface area contributed by atoms with Gasteiger partial charge < -0.3 is 4.74 Å². The first-order chi connectivity index (χ1) is 8.49. The molecule has 0 heterocycles.